The maximum Gasteiger partial charge on any atom is 0.131 e. The van der Waals surface area contributed by atoms with Gasteiger partial charge >= 0.3 is 0 Å². The first-order chi connectivity index (χ1) is 9.69. The van der Waals surface area contributed by atoms with Gasteiger partial charge in [-0.15, -0.1) is 11.6 Å². The third-order valence-corrected chi connectivity index (χ3v) is 4.38. The molecule has 0 fully saturated rings. The SMILES string of the molecule is COc1ccc(C(Cl)c2ccc3c(c2)CCC3)c(F)c1. The number of hydrogen-bond acceptors (Lipinski definition) is 1. The molecule has 3 rings (SSSR count). The summed E-state index contributed by atoms with van der Waals surface area (Å²) in [4.78, 5) is 0. The van der Waals surface area contributed by atoms with Crippen molar-refractivity contribution in [1.29, 1.82) is 0 Å². The van der Waals surface area contributed by atoms with Crippen LogP contribution >= 0.6 is 11.6 Å². The molecule has 0 N–H and O–H groups in total. The summed E-state index contributed by atoms with van der Waals surface area (Å²) in [6.07, 6.45) is 3.43. The Morgan fingerprint density at radius 1 is 1.10 bits per heavy atom. The van der Waals surface area contributed by atoms with E-state index in [1.54, 1.807) is 12.1 Å². The van der Waals surface area contributed by atoms with Crippen LogP contribution in [-0.4, -0.2) is 7.11 Å². The minimum Gasteiger partial charge on any atom is -0.497 e. The fourth-order valence-electron chi connectivity index (χ4n) is 2.77. The number of halogens is 2. The molecule has 0 aromatic heterocycles. The summed E-state index contributed by atoms with van der Waals surface area (Å²) in [5, 5.41) is -0.466. The molecule has 20 heavy (non-hydrogen) atoms. The first kappa shape index (κ1) is 13.4. The van der Waals surface area contributed by atoms with Crippen LogP contribution in [0.25, 0.3) is 0 Å². The molecule has 0 saturated carbocycles. The Kier molecular flexibility index (Phi) is 3.66. The van der Waals surface area contributed by atoms with Crippen molar-refractivity contribution in [3.63, 3.8) is 0 Å². The van der Waals surface area contributed by atoms with Crippen LogP contribution in [-0.2, 0) is 12.8 Å². The minimum absolute atomic E-state index is 0.329. The van der Waals surface area contributed by atoms with Crippen LogP contribution in [0, 0.1) is 5.82 Å². The molecule has 0 radical (unpaired) electrons. The molecule has 1 aliphatic carbocycles. The van der Waals surface area contributed by atoms with Gasteiger partial charge in [-0.2, -0.15) is 0 Å². The zero-order chi connectivity index (χ0) is 14.1. The number of alkyl halides is 1. The number of methoxy groups -OCH3 is 1. The van der Waals surface area contributed by atoms with E-state index in [0.29, 0.717) is 11.3 Å². The highest BCUT2D eigenvalue weighted by Crippen LogP contribution is 2.34. The second kappa shape index (κ2) is 5.45. The zero-order valence-electron chi connectivity index (χ0n) is 11.3. The number of benzene rings is 2. The zero-order valence-corrected chi connectivity index (χ0v) is 12.1. The Morgan fingerprint density at radius 2 is 1.90 bits per heavy atom. The van der Waals surface area contributed by atoms with Crippen LogP contribution in [0.1, 0.15) is 34.1 Å². The molecule has 0 heterocycles. The van der Waals surface area contributed by atoms with E-state index in [1.807, 2.05) is 6.07 Å². The third kappa shape index (κ3) is 2.40. The van der Waals surface area contributed by atoms with Crippen LogP contribution in [0.3, 0.4) is 0 Å². The van der Waals surface area contributed by atoms with Crippen LogP contribution in [0.4, 0.5) is 4.39 Å². The summed E-state index contributed by atoms with van der Waals surface area (Å²) >= 11 is 6.45. The smallest absolute Gasteiger partial charge is 0.131 e. The van der Waals surface area contributed by atoms with Crippen molar-refractivity contribution < 1.29 is 9.13 Å². The molecule has 1 atom stereocenters. The molecule has 1 unspecified atom stereocenters. The molecule has 1 aliphatic rings. The quantitative estimate of drug-likeness (QED) is 0.748. The lowest BCUT2D eigenvalue weighted by Gasteiger charge is -2.13. The minimum atomic E-state index is -0.466. The van der Waals surface area contributed by atoms with Gasteiger partial charge in [0, 0.05) is 11.6 Å². The molecule has 0 amide bonds. The summed E-state index contributed by atoms with van der Waals surface area (Å²) in [6.45, 7) is 0. The van der Waals surface area contributed by atoms with Gasteiger partial charge in [-0.05, 0) is 42.0 Å². The molecule has 0 spiro atoms. The van der Waals surface area contributed by atoms with Crippen LogP contribution < -0.4 is 4.74 Å². The Labute approximate surface area is 123 Å². The number of fused-ring (bicyclic) bond motifs is 1. The lowest BCUT2D eigenvalue weighted by Crippen LogP contribution is -1.99. The molecule has 0 bridgehead atoms. The van der Waals surface area contributed by atoms with E-state index >= 15 is 0 Å². The van der Waals surface area contributed by atoms with Crippen molar-refractivity contribution in [3.8, 4) is 5.75 Å². The predicted octanol–water partition coefficient (Wildman–Crippen LogP) is 4.65. The number of ether oxygens (including phenoxy) is 1. The summed E-state index contributed by atoms with van der Waals surface area (Å²) in [5.41, 5.74) is 4.19. The van der Waals surface area contributed by atoms with E-state index in [2.05, 4.69) is 12.1 Å². The lowest BCUT2D eigenvalue weighted by atomic mass is 9.99. The number of hydrogen-bond donors (Lipinski definition) is 0. The average Bonchev–Trinajstić information content (AvgIpc) is 2.93. The highest BCUT2D eigenvalue weighted by molar-refractivity contribution is 6.22. The fraction of sp³-hybridized carbons (Fsp3) is 0.294. The van der Waals surface area contributed by atoms with E-state index < -0.39 is 5.38 Å². The largest absolute Gasteiger partial charge is 0.497 e. The molecule has 104 valence electrons. The standard InChI is InChI=1S/C17H16ClFO/c1-20-14-7-8-15(16(19)10-14)17(18)13-6-5-11-3-2-4-12(11)9-13/h5-10,17H,2-4H2,1H3. The second-order valence-corrected chi connectivity index (χ2v) is 5.57. The first-order valence-corrected chi connectivity index (χ1v) is 7.22. The van der Waals surface area contributed by atoms with Crippen molar-refractivity contribution in [2.75, 3.05) is 7.11 Å². The van der Waals surface area contributed by atoms with Crippen LogP contribution in [0.15, 0.2) is 36.4 Å². The van der Waals surface area contributed by atoms with Crippen LogP contribution in [0.2, 0.25) is 0 Å². The molecule has 1 nitrogen and oxygen atoms in total. The average molecular weight is 291 g/mol. The maximum atomic E-state index is 14.1. The molecule has 2 aromatic carbocycles. The van der Waals surface area contributed by atoms with Gasteiger partial charge in [-0.3, -0.25) is 0 Å². The molecule has 0 saturated heterocycles. The van der Waals surface area contributed by atoms with Gasteiger partial charge in [0.25, 0.3) is 0 Å². The van der Waals surface area contributed by atoms with Gasteiger partial charge in [-0.1, -0.05) is 24.3 Å². The van der Waals surface area contributed by atoms with Crippen molar-refractivity contribution in [2.24, 2.45) is 0 Å². The van der Waals surface area contributed by atoms with Gasteiger partial charge in [0.05, 0.1) is 12.5 Å². The number of rotatable bonds is 3. The van der Waals surface area contributed by atoms with Gasteiger partial charge in [-0.25, -0.2) is 4.39 Å². The Balaban J connectivity index is 1.94. The van der Waals surface area contributed by atoms with Crippen LogP contribution in [0.5, 0.6) is 5.75 Å². The number of aryl methyl sites for hydroxylation is 2. The summed E-state index contributed by atoms with van der Waals surface area (Å²) in [6, 6.07) is 11.0. The molecular formula is C17H16ClFO. The lowest BCUT2D eigenvalue weighted by molar-refractivity contribution is 0.410. The summed E-state index contributed by atoms with van der Waals surface area (Å²) in [5.74, 6) is 0.175. The predicted molar refractivity (Wildman–Crippen MR) is 79.1 cm³/mol. The Bertz CT molecular complexity index is 639. The normalized spacial score (nSPS) is 14.9. The Hall–Kier alpha value is -1.54. The molecule has 0 aliphatic heterocycles. The van der Waals surface area contributed by atoms with E-state index in [4.69, 9.17) is 16.3 Å². The maximum absolute atomic E-state index is 14.1. The van der Waals surface area contributed by atoms with E-state index in [1.165, 1.54) is 30.7 Å². The van der Waals surface area contributed by atoms with Crippen molar-refractivity contribution in [2.45, 2.75) is 24.6 Å². The van der Waals surface area contributed by atoms with Gasteiger partial charge in [0.15, 0.2) is 0 Å². The summed E-state index contributed by atoms with van der Waals surface area (Å²) < 4.78 is 19.1. The van der Waals surface area contributed by atoms with E-state index in [9.17, 15) is 4.39 Å². The summed E-state index contributed by atoms with van der Waals surface area (Å²) in [7, 11) is 1.52. The van der Waals surface area contributed by atoms with Gasteiger partial charge in [0.1, 0.15) is 11.6 Å². The third-order valence-electron chi connectivity index (χ3n) is 3.90. The first-order valence-electron chi connectivity index (χ1n) is 6.78. The molecular weight excluding hydrogens is 275 g/mol. The van der Waals surface area contributed by atoms with Crippen molar-refractivity contribution >= 4 is 11.6 Å². The molecule has 3 heteroatoms. The molecule has 2 aromatic rings. The van der Waals surface area contributed by atoms with Gasteiger partial charge in [0.2, 0.25) is 0 Å². The topological polar surface area (TPSA) is 9.23 Å². The monoisotopic (exact) mass is 290 g/mol. The van der Waals surface area contributed by atoms with Gasteiger partial charge < -0.3 is 4.74 Å². The van der Waals surface area contributed by atoms with E-state index in [0.717, 1.165) is 18.4 Å². The second-order valence-electron chi connectivity index (χ2n) is 5.13. The van der Waals surface area contributed by atoms with E-state index in [-0.39, 0.29) is 5.82 Å². The highest BCUT2D eigenvalue weighted by atomic mass is 35.5. The van der Waals surface area contributed by atoms with Crippen molar-refractivity contribution in [3.05, 3.63) is 64.5 Å². The fourth-order valence-corrected chi connectivity index (χ4v) is 3.08. The van der Waals surface area contributed by atoms with Crippen molar-refractivity contribution in [1.82, 2.24) is 0 Å². The highest BCUT2D eigenvalue weighted by Gasteiger charge is 2.18. The Morgan fingerprint density at radius 3 is 2.65 bits per heavy atom.